The smallest absolute Gasteiger partial charge is 0.161 e. The molecule has 0 saturated carbocycles. The average molecular weight is 466 g/mol. The van der Waals surface area contributed by atoms with Crippen LogP contribution in [0.4, 0.5) is 0 Å². The van der Waals surface area contributed by atoms with E-state index in [1.807, 2.05) is 36.6 Å². The summed E-state index contributed by atoms with van der Waals surface area (Å²) in [6.45, 7) is 1.07. The van der Waals surface area contributed by atoms with Gasteiger partial charge in [0.1, 0.15) is 24.4 Å². The highest BCUT2D eigenvalue weighted by molar-refractivity contribution is 7.99. The molecule has 9 heteroatoms. The topological polar surface area (TPSA) is 86.6 Å². The second-order valence-electron chi connectivity index (χ2n) is 7.48. The van der Waals surface area contributed by atoms with Crippen LogP contribution in [-0.4, -0.2) is 49.3 Å². The first-order valence-corrected chi connectivity index (χ1v) is 11.6. The molecule has 7 nitrogen and oxygen atoms in total. The van der Waals surface area contributed by atoms with Gasteiger partial charge in [0.25, 0.3) is 0 Å². The van der Waals surface area contributed by atoms with Crippen molar-refractivity contribution in [3.63, 3.8) is 0 Å². The minimum Gasteiger partial charge on any atom is -0.495 e. The van der Waals surface area contributed by atoms with Crippen molar-refractivity contribution in [1.82, 2.24) is 0 Å². The third kappa shape index (κ3) is 4.62. The van der Waals surface area contributed by atoms with Crippen LogP contribution >= 0.6 is 23.4 Å². The fourth-order valence-corrected chi connectivity index (χ4v) is 4.94. The predicted octanol–water partition coefficient (Wildman–Crippen LogP) is 4.36. The standard InChI is InChI=1S/C22H24ClNO6S/c1-27-19-10-13(17-11-15(25)21(24-26)22(30-17)31-2)9-14(20(19)23)7-12-3-4-16-18(8-12)29-6-5-28-16/h3-4,8-10,15,17,21-22,25H,5-7,11H2,1-2H3/t15?,17?,21-,22?/m0/s1. The van der Waals surface area contributed by atoms with E-state index in [0.717, 1.165) is 28.2 Å². The van der Waals surface area contributed by atoms with Crippen molar-refractivity contribution in [1.29, 1.82) is 0 Å². The first kappa shape index (κ1) is 22.2. The maximum Gasteiger partial charge on any atom is 0.161 e. The van der Waals surface area contributed by atoms with Crippen LogP contribution in [0.3, 0.4) is 0 Å². The molecular formula is C22H24ClNO6S. The molecule has 1 saturated heterocycles. The Bertz CT molecular complexity index is 958. The van der Waals surface area contributed by atoms with Gasteiger partial charge in [0.05, 0.1) is 24.3 Å². The van der Waals surface area contributed by atoms with Crippen LogP contribution in [0.2, 0.25) is 5.02 Å². The Balaban J connectivity index is 1.64. The molecule has 2 aliphatic rings. The van der Waals surface area contributed by atoms with Crippen LogP contribution in [0.1, 0.15) is 29.2 Å². The number of thioether (sulfide) groups is 1. The lowest BCUT2D eigenvalue weighted by Crippen LogP contribution is -2.42. The number of fused-ring (bicyclic) bond motifs is 1. The molecular weight excluding hydrogens is 442 g/mol. The Labute approximate surface area is 189 Å². The van der Waals surface area contributed by atoms with Gasteiger partial charge < -0.3 is 24.1 Å². The van der Waals surface area contributed by atoms with E-state index in [4.69, 9.17) is 30.5 Å². The molecule has 0 aromatic heterocycles. The summed E-state index contributed by atoms with van der Waals surface area (Å²) in [4.78, 5) is 11.1. The minimum absolute atomic E-state index is 0.266. The summed E-state index contributed by atoms with van der Waals surface area (Å²) < 4.78 is 22.9. The normalized spacial score (nSPS) is 25.2. The summed E-state index contributed by atoms with van der Waals surface area (Å²) in [5.41, 5.74) is 2.19. The third-order valence-corrected chi connectivity index (χ3v) is 6.79. The number of nitroso groups, excluding NO2 is 1. The molecule has 166 valence electrons. The quantitative estimate of drug-likeness (QED) is 0.634. The highest BCUT2D eigenvalue weighted by atomic mass is 35.5. The number of aliphatic hydroxyl groups excluding tert-OH is 1. The molecule has 2 heterocycles. The number of benzene rings is 2. The van der Waals surface area contributed by atoms with Gasteiger partial charge >= 0.3 is 0 Å². The minimum atomic E-state index is -0.878. The van der Waals surface area contributed by atoms with E-state index in [1.165, 1.54) is 11.8 Å². The van der Waals surface area contributed by atoms with Crippen molar-refractivity contribution in [2.75, 3.05) is 26.6 Å². The van der Waals surface area contributed by atoms with Gasteiger partial charge in [0, 0.05) is 6.42 Å². The first-order chi connectivity index (χ1) is 15.0. The van der Waals surface area contributed by atoms with Gasteiger partial charge in [-0.25, -0.2) is 0 Å². The Kier molecular flexibility index (Phi) is 6.91. The molecule has 0 spiro atoms. The van der Waals surface area contributed by atoms with E-state index in [9.17, 15) is 10.0 Å². The summed E-state index contributed by atoms with van der Waals surface area (Å²) in [7, 11) is 1.56. The van der Waals surface area contributed by atoms with Gasteiger partial charge in [-0.3, -0.25) is 0 Å². The fraction of sp³-hybridized carbons (Fsp3) is 0.455. The highest BCUT2D eigenvalue weighted by Crippen LogP contribution is 2.41. The summed E-state index contributed by atoms with van der Waals surface area (Å²) in [5, 5.41) is 14.0. The lowest BCUT2D eigenvalue weighted by Gasteiger charge is -2.36. The Hall–Kier alpha value is -2.00. The molecule has 2 aromatic carbocycles. The van der Waals surface area contributed by atoms with Gasteiger partial charge in [0.2, 0.25) is 0 Å². The van der Waals surface area contributed by atoms with Crippen molar-refractivity contribution < 1.29 is 24.1 Å². The molecule has 1 fully saturated rings. The zero-order valence-corrected chi connectivity index (χ0v) is 18.8. The molecule has 2 aromatic rings. The van der Waals surface area contributed by atoms with Crippen LogP contribution < -0.4 is 14.2 Å². The molecule has 2 aliphatic heterocycles. The van der Waals surface area contributed by atoms with Crippen LogP contribution in [-0.2, 0) is 11.2 Å². The molecule has 4 rings (SSSR count). The molecule has 3 unspecified atom stereocenters. The largest absolute Gasteiger partial charge is 0.495 e. The SMILES string of the molecule is COc1cc(C2CC(O)[C@H](N=O)C(SC)O2)cc(Cc2ccc3c(c2)OCCO3)c1Cl. The molecule has 0 radical (unpaired) electrons. The first-order valence-electron chi connectivity index (χ1n) is 9.97. The number of hydrogen-bond donors (Lipinski definition) is 1. The van der Waals surface area contributed by atoms with E-state index in [-0.39, 0.29) is 6.42 Å². The Morgan fingerprint density at radius 1 is 1.23 bits per heavy atom. The predicted molar refractivity (Wildman–Crippen MR) is 120 cm³/mol. The Morgan fingerprint density at radius 2 is 2.00 bits per heavy atom. The number of hydrogen-bond acceptors (Lipinski definition) is 8. The van der Waals surface area contributed by atoms with E-state index >= 15 is 0 Å². The van der Waals surface area contributed by atoms with Gasteiger partial charge in [0.15, 0.2) is 17.5 Å². The van der Waals surface area contributed by atoms with Crippen molar-refractivity contribution in [3.05, 3.63) is 57.0 Å². The van der Waals surface area contributed by atoms with Gasteiger partial charge in [-0.05, 0) is 47.6 Å². The van der Waals surface area contributed by atoms with Crippen LogP contribution in [0.25, 0.3) is 0 Å². The molecule has 31 heavy (non-hydrogen) atoms. The van der Waals surface area contributed by atoms with Crippen LogP contribution in [0.5, 0.6) is 17.2 Å². The fourth-order valence-electron chi connectivity index (χ4n) is 3.93. The molecule has 4 atom stereocenters. The zero-order valence-electron chi connectivity index (χ0n) is 17.2. The Morgan fingerprint density at radius 3 is 2.71 bits per heavy atom. The molecule has 0 amide bonds. The van der Waals surface area contributed by atoms with E-state index in [1.54, 1.807) is 7.11 Å². The van der Waals surface area contributed by atoms with E-state index in [2.05, 4.69) is 5.18 Å². The lowest BCUT2D eigenvalue weighted by atomic mass is 9.94. The summed E-state index contributed by atoms with van der Waals surface area (Å²) >= 11 is 7.97. The summed E-state index contributed by atoms with van der Waals surface area (Å²) in [5.74, 6) is 1.98. The van der Waals surface area contributed by atoms with E-state index < -0.39 is 23.7 Å². The number of rotatable bonds is 6. The second kappa shape index (κ2) is 9.65. The highest BCUT2D eigenvalue weighted by Gasteiger charge is 2.39. The summed E-state index contributed by atoms with van der Waals surface area (Å²) in [6, 6.07) is 8.82. The number of methoxy groups -OCH3 is 1. The van der Waals surface area contributed by atoms with Crippen molar-refractivity contribution in [2.24, 2.45) is 5.18 Å². The maximum absolute atomic E-state index is 11.1. The summed E-state index contributed by atoms with van der Waals surface area (Å²) in [6.07, 6.45) is 1.36. The van der Waals surface area contributed by atoms with Gasteiger partial charge in [-0.15, -0.1) is 11.8 Å². The van der Waals surface area contributed by atoms with Crippen molar-refractivity contribution in [2.45, 2.75) is 36.5 Å². The lowest BCUT2D eigenvalue weighted by molar-refractivity contribution is -0.0738. The average Bonchev–Trinajstić information content (AvgIpc) is 2.79. The maximum atomic E-state index is 11.1. The monoisotopic (exact) mass is 465 g/mol. The van der Waals surface area contributed by atoms with Crippen LogP contribution in [0.15, 0.2) is 35.5 Å². The van der Waals surface area contributed by atoms with Gasteiger partial charge in [-0.1, -0.05) is 28.9 Å². The van der Waals surface area contributed by atoms with Crippen LogP contribution in [0, 0.1) is 4.91 Å². The number of ether oxygens (including phenoxy) is 4. The number of nitrogens with zero attached hydrogens (tertiary/aromatic N) is 1. The number of halogens is 1. The van der Waals surface area contributed by atoms with Crippen molar-refractivity contribution in [3.8, 4) is 17.2 Å². The molecule has 1 N–H and O–H groups in total. The van der Waals surface area contributed by atoms with E-state index in [0.29, 0.717) is 30.4 Å². The zero-order chi connectivity index (χ0) is 22.0. The number of aliphatic hydroxyl groups is 1. The van der Waals surface area contributed by atoms with Gasteiger partial charge in [-0.2, -0.15) is 4.91 Å². The molecule has 0 aliphatic carbocycles. The third-order valence-electron chi connectivity index (χ3n) is 5.51. The van der Waals surface area contributed by atoms with Crippen molar-refractivity contribution >= 4 is 23.4 Å². The second-order valence-corrected chi connectivity index (χ2v) is 8.79. The molecule has 0 bridgehead atoms.